The number of rotatable bonds is 7. The summed E-state index contributed by atoms with van der Waals surface area (Å²) in [6.07, 6.45) is 5.28. The van der Waals surface area contributed by atoms with Crippen molar-refractivity contribution in [1.29, 1.82) is 0 Å². The number of nitrogen functional groups attached to an aromatic ring is 1. The minimum atomic E-state index is 0.463. The normalized spacial score (nSPS) is 11.4. The Balaban J connectivity index is 1.32. The zero-order valence-corrected chi connectivity index (χ0v) is 17.1. The molecule has 0 atom stereocenters. The van der Waals surface area contributed by atoms with Crippen LogP contribution in [0.25, 0.3) is 33.1 Å². The molecule has 2 aromatic carbocycles. The second kappa shape index (κ2) is 8.53. The lowest BCUT2D eigenvalue weighted by molar-refractivity contribution is 0.118. The quantitative estimate of drug-likeness (QED) is 0.373. The van der Waals surface area contributed by atoms with Crippen molar-refractivity contribution in [3.05, 3.63) is 84.4 Å². The van der Waals surface area contributed by atoms with Crippen molar-refractivity contribution >= 4 is 27.8 Å². The van der Waals surface area contributed by atoms with Gasteiger partial charge in [0.1, 0.15) is 22.7 Å². The van der Waals surface area contributed by atoms with Gasteiger partial charge in [-0.1, -0.05) is 42.5 Å². The first-order valence-electron chi connectivity index (χ1n) is 10.4. The van der Waals surface area contributed by atoms with E-state index in [1.54, 1.807) is 6.20 Å². The van der Waals surface area contributed by atoms with Crippen molar-refractivity contribution in [2.24, 2.45) is 0 Å². The van der Waals surface area contributed by atoms with E-state index in [0.717, 1.165) is 51.7 Å². The molecular formula is C25H23N5O. The summed E-state index contributed by atoms with van der Waals surface area (Å²) in [5.41, 5.74) is 12.0. The van der Waals surface area contributed by atoms with E-state index < -0.39 is 0 Å². The topological polar surface area (TPSA) is 89.7 Å². The van der Waals surface area contributed by atoms with Gasteiger partial charge in [-0.15, -0.1) is 0 Å². The fraction of sp³-hybridized carbons (Fsp3) is 0.160. The number of ether oxygens (including phenoxy) is 1. The van der Waals surface area contributed by atoms with Crippen LogP contribution < -0.4 is 5.73 Å². The summed E-state index contributed by atoms with van der Waals surface area (Å²) in [4.78, 5) is 17.0. The van der Waals surface area contributed by atoms with E-state index in [9.17, 15) is 0 Å². The third-order valence-corrected chi connectivity index (χ3v) is 5.31. The maximum Gasteiger partial charge on any atom is 0.150 e. The summed E-state index contributed by atoms with van der Waals surface area (Å²) < 4.78 is 5.78. The monoisotopic (exact) mass is 409 g/mol. The summed E-state index contributed by atoms with van der Waals surface area (Å²) in [5, 5.41) is 0.986. The molecule has 0 radical (unpaired) electrons. The molecule has 0 saturated carbocycles. The Labute approximate surface area is 180 Å². The Hall–Kier alpha value is -3.77. The van der Waals surface area contributed by atoms with Crippen LogP contribution in [-0.4, -0.2) is 26.5 Å². The van der Waals surface area contributed by atoms with Gasteiger partial charge in [-0.3, -0.25) is 4.98 Å². The standard InChI is InChI=1S/C25H23N5O/c26-25-24-23(20-11-10-18(14-21(20)28-25)19-8-4-12-27-15-19)29-22(30-24)9-5-13-31-16-17-6-2-1-3-7-17/h1-4,6-8,10-12,14-15H,5,9,13,16H2,(H2,26,28)(H,29,30). The highest BCUT2D eigenvalue weighted by Gasteiger charge is 2.12. The van der Waals surface area contributed by atoms with Gasteiger partial charge in [-0.2, -0.15) is 0 Å². The molecule has 31 heavy (non-hydrogen) atoms. The van der Waals surface area contributed by atoms with Gasteiger partial charge in [0.25, 0.3) is 0 Å². The number of hydrogen-bond acceptors (Lipinski definition) is 5. The van der Waals surface area contributed by atoms with Gasteiger partial charge in [0, 0.05) is 36.4 Å². The fourth-order valence-electron chi connectivity index (χ4n) is 3.75. The summed E-state index contributed by atoms with van der Waals surface area (Å²) >= 11 is 0. The molecule has 5 aromatic rings. The molecule has 0 aliphatic carbocycles. The first-order valence-corrected chi connectivity index (χ1v) is 10.4. The predicted octanol–water partition coefficient (Wildman–Crippen LogP) is 4.90. The fourth-order valence-corrected chi connectivity index (χ4v) is 3.75. The largest absolute Gasteiger partial charge is 0.382 e. The van der Waals surface area contributed by atoms with E-state index in [2.05, 4.69) is 39.2 Å². The first-order chi connectivity index (χ1) is 15.3. The highest BCUT2D eigenvalue weighted by atomic mass is 16.5. The lowest BCUT2D eigenvalue weighted by atomic mass is 10.0. The van der Waals surface area contributed by atoms with Crippen molar-refractivity contribution in [3.63, 3.8) is 0 Å². The molecule has 6 heteroatoms. The molecule has 0 aliphatic heterocycles. The Bertz CT molecular complexity index is 1320. The number of anilines is 1. The SMILES string of the molecule is Nc1nc2cc(-c3cccnc3)ccc2c2nc(CCCOCc3ccccc3)[nH]c12. The van der Waals surface area contributed by atoms with Crippen LogP contribution in [0.2, 0.25) is 0 Å². The van der Waals surface area contributed by atoms with Crippen molar-refractivity contribution in [2.75, 3.05) is 12.3 Å². The van der Waals surface area contributed by atoms with E-state index in [1.807, 2.05) is 42.6 Å². The second-order valence-corrected chi connectivity index (χ2v) is 7.52. The molecule has 0 amide bonds. The van der Waals surface area contributed by atoms with Crippen LogP contribution in [0.1, 0.15) is 17.8 Å². The van der Waals surface area contributed by atoms with Crippen molar-refractivity contribution in [3.8, 4) is 11.1 Å². The average molecular weight is 409 g/mol. The van der Waals surface area contributed by atoms with Gasteiger partial charge in [-0.25, -0.2) is 9.97 Å². The molecule has 154 valence electrons. The van der Waals surface area contributed by atoms with Gasteiger partial charge < -0.3 is 15.5 Å². The molecule has 0 bridgehead atoms. The van der Waals surface area contributed by atoms with E-state index >= 15 is 0 Å². The third kappa shape index (κ3) is 4.11. The number of benzene rings is 2. The van der Waals surface area contributed by atoms with Crippen molar-refractivity contribution in [1.82, 2.24) is 19.9 Å². The maximum atomic E-state index is 6.25. The molecule has 3 aromatic heterocycles. The van der Waals surface area contributed by atoms with Crippen LogP contribution in [0, 0.1) is 0 Å². The van der Waals surface area contributed by atoms with E-state index in [-0.39, 0.29) is 0 Å². The van der Waals surface area contributed by atoms with Crippen molar-refractivity contribution in [2.45, 2.75) is 19.4 Å². The van der Waals surface area contributed by atoms with Gasteiger partial charge >= 0.3 is 0 Å². The van der Waals surface area contributed by atoms with Crippen LogP contribution in [0.4, 0.5) is 5.82 Å². The van der Waals surface area contributed by atoms with E-state index in [0.29, 0.717) is 19.0 Å². The predicted molar refractivity (Wildman–Crippen MR) is 123 cm³/mol. The summed E-state index contributed by atoms with van der Waals surface area (Å²) in [6.45, 7) is 1.30. The highest BCUT2D eigenvalue weighted by Crippen LogP contribution is 2.29. The molecule has 3 N–H and O–H groups in total. The van der Waals surface area contributed by atoms with Gasteiger partial charge in [0.05, 0.1) is 12.1 Å². The van der Waals surface area contributed by atoms with Gasteiger partial charge in [0.15, 0.2) is 0 Å². The Morgan fingerprint density at radius 1 is 0.935 bits per heavy atom. The Morgan fingerprint density at radius 2 is 1.84 bits per heavy atom. The first kappa shape index (κ1) is 19.2. The number of imidazole rings is 1. The molecule has 0 fully saturated rings. The minimum Gasteiger partial charge on any atom is -0.382 e. The number of aromatic amines is 1. The Kier molecular flexibility index (Phi) is 5.29. The molecule has 6 nitrogen and oxygen atoms in total. The van der Waals surface area contributed by atoms with Crippen LogP contribution in [0.3, 0.4) is 0 Å². The minimum absolute atomic E-state index is 0.463. The van der Waals surface area contributed by atoms with Crippen LogP contribution >= 0.6 is 0 Å². The number of hydrogen-bond donors (Lipinski definition) is 2. The highest BCUT2D eigenvalue weighted by molar-refractivity contribution is 6.07. The number of nitrogens with zero attached hydrogens (tertiary/aromatic N) is 3. The summed E-state index contributed by atoms with van der Waals surface area (Å²) in [5.74, 6) is 1.36. The number of aromatic nitrogens is 4. The third-order valence-electron chi connectivity index (χ3n) is 5.31. The van der Waals surface area contributed by atoms with E-state index in [1.165, 1.54) is 5.56 Å². The molecule has 3 heterocycles. The molecule has 0 unspecified atom stereocenters. The zero-order valence-electron chi connectivity index (χ0n) is 17.1. The number of pyridine rings is 2. The van der Waals surface area contributed by atoms with Crippen molar-refractivity contribution < 1.29 is 4.74 Å². The molecule has 0 spiro atoms. The smallest absolute Gasteiger partial charge is 0.150 e. The zero-order chi connectivity index (χ0) is 21.0. The lowest BCUT2D eigenvalue weighted by Gasteiger charge is -2.05. The number of fused-ring (bicyclic) bond motifs is 3. The maximum absolute atomic E-state index is 6.25. The number of nitrogens with two attached hydrogens (primary N) is 1. The number of aryl methyl sites for hydroxylation is 1. The Morgan fingerprint density at radius 3 is 2.68 bits per heavy atom. The number of H-pyrrole nitrogens is 1. The molecular weight excluding hydrogens is 386 g/mol. The van der Waals surface area contributed by atoms with Gasteiger partial charge in [0.2, 0.25) is 0 Å². The lowest BCUT2D eigenvalue weighted by Crippen LogP contribution is -1.98. The van der Waals surface area contributed by atoms with E-state index in [4.69, 9.17) is 15.5 Å². The van der Waals surface area contributed by atoms with Crippen LogP contribution in [0.5, 0.6) is 0 Å². The number of nitrogens with one attached hydrogen (secondary N) is 1. The van der Waals surface area contributed by atoms with Crippen LogP contribution in [-0.2, 0) is 17.8 Å². The molecule has 5 rings (SSSR count). The summed E-state index contributed by atoms with van der Waals surface area (Å²) in [6, 6.07) is 20.3. The van der Waals surface area contributed by atoms with Crippen LogP contribution in [0.15, 0.2) is 73.1 Å². The second-order valence-electron chi connectivity index (χ2n) is 7.52. The average Bonchev–Trinajstić information content (AvgIpc) is 3.25. The summed E-state index contributed by atoms with van der Waals surface area (Å²) in [7, 11) is 0. The van der Waals surface area contributed by atoms with Gasteiger partial charge in [-0.05, 0) is 35.7 Å². The molecule has 0 saturated heterocycles. The molecule has 0 aliphatic rings.